The summed E-state index contributed by atoms with van der Waals surface area (Å²) in [5.41, 5.74) is 5.63. The molecule has 5 N–H and O–H groups in total. The topological polar surface area (TPSA) is 140 Å². The van der Waals surface area contributed by atoms with E-state index >= 15 is 0 Å². The van der Waals surface area contributed by atoms with Crippen LogP contribution in [0, 0.1) is 5.92 Å². The molecule has 0 aromatic heterocycles. The minimum Gasteiger partial charge on any atom is -0.444 e. The number of amides is 3. The minimum atomic E-state index is -0.956. The van der Waals surface area contributed by atoms with E-state index < -0.39 is 40.8 Å². The Morgan fingerprint density at radius 2 is 1.64 bits per heavy atom. The molecule has 0 bridgehead atoms. The van der Waals surface area contributed by atoms with E-state index in [1.807, 2.05) is 30.3 Å². The molecule has 1 aromatic carbocycles. The highest BCUT2D eigenvalue weighted by Gasteiger charge is 2.29. The van der Waals surface area contributed by atoms with Gasteiger partial charge in [0.15, 0.2) is 5.78 Å². The van der Waals surface area contributed by atoms with Gasteiger partial charge in [-0.15, -0.1) is 0 Å². The van der Waals surface area contributed by atoms with Crippen molar-refractivity contribution < 1.29 is 23.9 Å². The van der Waals surface area contributed by atoms with Gasteiger partial charge in [0.25, 0.3) is 0 Å². The van der Waals surface area contributed by atoms with E-state index in [4.69, 9.17) is 10.5 Å². The fourth-order valence-electron chi connectivity index (χ4n) is 2.91. The maximum Gasteiger partial charge on any atom is 0.407 e. The van der Waals surface area contributed by atoms with E-state index in [0.717, 1.165) is 5.56 Å². The van der Waals surface area contributed by atoms with E-state index in [2.05, 4.69) is 28.6 Å². The Morgan fingerprint density at radius 3 is 2.15 bits per heavy atom. The van der Waals surface area contributed by atoms with E-state index in [0.29, 0.717) is 0 Å². The number of nitrogens with two attached hydrogens (primary N) is 1. The van der Waals surface area contributed by atoms with Gasteiger partial charge in [0.1, 0.15) is 11.6 Å². The third-order valence-corrected chi connectivity index (χ3v) is 4.99. The Hall–Kier alpha value is -2.59. The Bertz CT molecular complexity index is 811. The number of hydrogen-bond donors (Lipinski definition) is 5. The fraction of sp³-hybridized carbons (Fsp3) is 0.565. The molecule has 1 aromatic rings. The number of carbonyl (C=O) groups excluding carboxylic acids is 4. The van der Waals surface area contributed by atoms with Crippen molar-refractivity contribution in [1.29, 1.82) is 0 Å². The van der Waals surface area contributed by atoms with Crippen molar-refractivity contribution in [1.82, 2.24) is 16.0 Å². The van der Waals surface area contributed by atoms with Gasteiger partial charge in [-0.3, -0.25) is 14.4 Å². The molecule has 1 unspecified atom stereocenters. The van der Waals surface area contributed by atoms with Gasteiger partial charge in [0.2, 0.25) is 11.8 Å². The van der Waals surface area contributed by atoms with Crippen LogP contribution in [0.4, 0.5) is 4.79 Å². The average molecular weight is 481 g/mol. The van der Waals surface area contributed by atoms with Gasteiger partial charge in [-0.25, -0.2) is 4.79 Å². The van der Waals surface area contributed by atoms with Crippen molar-refractivity contribution >= 4 is 36.3 Å². The summed E-state index contributed by atoms with van der Waals surface area (Å²) in [5, 5.41) is 6.95. The lowest BCUT2D eigenvalue weighted by Crippen LogP contribution is -2.56. The number of alkyl carbamates (subject to hydrolysis) is 1. The molecule has 0 saturated carbocycles. The lowest BCUT2D eigenvalue weighted by molar-refractivity contribution is -0.131. The fourth-order valence-corrected chi connectivity index (χ4v) is 3.08. The van der Waals surface area contributed by atoms with Crippen LogP contribution >= 0.6 is 12.6 Å². The van der Waals surface area contributed by atoms with Gasteiger partial charge >= 0.3 is 6.09 Å². The van der Waals surface area contributed by atoms with E-state index in [-0.39, 0.29) is 31.2 Å². The molecule has 0 heterocycles. The molecular formula is C23H36N4O5S. The molecule has 0 aliphatic rings. The number of ether oxygens (including phenoxy) is 1. The first kappa shape index (κ1) is 28.4. The second-order valence-corrected chi connectivity index (χ2v) is 9.67. The van der Waals surface area contributed by atoms with Crippen LogP contribution in [-0.2, 0) is 25.5 Å². The van der Waals surface area contributed by atoms with Crippen molar-refractivity contribution in [2.75, 3.05) is 13.1 Å². The number of benzene rings is 1. The van der Waals surface area contributed by atoms with Crippen LogP contribution in [0.2, 0.25) is 0 Å². The summed E-state index contributed by atoms with van der Waals surface area (Å²) in [7, 11) is 0. The summed E-state index contributed by atoms with van der Waals surface area (Å²) < 4.78 is 5.14. The van der Waals surface area contributed by atoms with Crippen molar-refractivity contribution in [3.8, 4) is 0 Å². The Kier molecular flexibility index (Phi) is 11.4. The number of carbonyl (C=O) groups is 4. The molecule has 3 atom stereocenters. The largest absolute Gasteiger partial charge is 0.444 e. The Labute approximate surface area is 201 Å². The quantitative estimate of drug-likeness (QED) is 0.302. The standard InChI is InChI=1S/C23H36N4O5S/c1-14(2)19(17(28)12-24)27-20(29)16(11-15-9-7-6-8-10-15)26-21(30)18(33)13-25-22(31)32-23(3,4)5/h6-10,14,16,18-19,33H,11-13,24H2,1-5H3,(H,25,31)(H,26,30)(H,27,29)/t16-,18?,19-/m0/s1. The second-order valence-electron chi connectivity index (χ2n) is 9.05. The van der Waals surface area contributed by atoms with Gasteiger partial charge in [0.05, 0.1) is 17.8 Å². The molecule has 184 valence electrons. The average Bonchev–Trinajstić information content (AvgIpc) is 2.73. The second kappa shape index (κ2) is 13.2. The Morgan fingerprint density at radius 1 is 1.03 bits per heavy atom. The summed E-state index contributed by atoms with van der Waals surface area (Å²) in [6, 6.07) is 7.44. The number of ketones is 1. The van der Waals surface area contributed by atoms with Gasteiger partial charge < -0.3 is 26.4 Å². The van der Waals surface area contributed by atoms with E-state index in [1.54, 1.807) is 34.6 Å². The first-order valence-electron chi connectivity index (χ1n) is 10.9. The molecule has 33 heavy (non-hydrogen) atoms. The predicted molar refractivity (Wildman–Crippen MR) is 130 cm³/mol. The number of rotatable bonds is 11. The van der Waals surface area contributed by atoms with Crippen LogP contribution in [0.15, 0.2) is 30.3 Å². The SMILES string of the molecule is CC(C)[C@H](NC(=O)[C@H](Cc1ccccc1)NC(=O)C(S)CNC(=O)OC(C)(C)C)C(=O)CN. The van der Waals surface area contributed by atoms with Crippen molar-refractivity contribution in [3.63, 3.8) is 0 Å². The van der Waals surface area contributed by atoms with Crippen molar-refractivity contribution in [3.05, 3.63) is 35.9 Å². The number of thiol groups is 1. The minimum absolute atomic E-state index is 0.0934. The number of Topliss-reactive ketones (excluding diaryl/α,β-unsaturated/α-hetero) is 1. The monoisotopic (exact) mass is 480 g/mol. The van der Waals surface area contributed by atoms with Crippen LogP contribution < -0.4 is 21.7 Å². The summed E-state index contributed by atoms with van der Waals surface area (Å²) in [6.07, 6.45) is -0.465. The smallest absolute Gasteiger partial charge is 0.407 e. The number of nitrogens with one attached hydrogen (secondary N) is 3. The summed E-state index contributed by atoms with van der Waals surface area (Å²) in [6.45, 7) is 8.49. The highest BCUT2D eigenvalue weighted by Crippen LogP contribution is 2.09. The van der Waals surface area contributed by atoms with Gasteiger partial charge in [-0.2, -0.15) is 12.6 Å². The van der Waals surface area contributed by atoms with Crippen LogP contribution in [-0.4, -0.2) is 59.7 Å². The maximum absolute atomic E-state index is 13.0. The highest BCUT2D eigenvalue weighted by atomic mass is 32.1. The van der Waals surface area contributed by atoms with Crippen molar-refractivity contribution in [2.24, 2.45) is 11.7 Å². The van der Waals surface area contributed by atoms with Gasteiger partial charge in [-0.1, -0.05) is 44.2 Å². The molecule has 3 amide bonds. The molecule has 0 radical (unpaired) electrons. The van der Waals surface area contributed by atoms with Crippen LogP contribution in [0.5, 0.6) is 0 Å². The zero-order chi connectivity index (χ0) is 25.2. The first-order valence-corrected chi connectivity index (χ1v) is 11.4. The third kappa shape index (κ3) is 10.7. The summed E-state index contributed by atoms with van der Waals surface area (Å²) in [4.78, 5) is 49.7. The third-order valence-electron chi connectivity index (χ3n) is 4.57. The van der Waals surface area contributed by atoms with Crippen LogP contribution in [0.1, 0.15) is 40.2 Å². The predicted octanol–water partition coefficient (Wildman–Crippen LogP) is 1.21. The van der Waals surface area contributed by atoms with E-state index in [9.17, 15) is 19.2 Å². The molecule has 0 aliphatic carbocycles. The molecule has 10 heteroatoms. The maximum atomic E-state index is 13.0. The van der Waals surface area contributed by atoms with E-state index in [1.165, 1.54) is 0 Å². The van der Waals surface area contributed by atoms with Crippen LogP contribution in [0.25, 0.3) is 0 Å². The van der Waals surface area contributed by atoms with Gasteiger partial charge in [0, 0.05) is 13.0 Å². The van der Waals surface area contributed by atoms with Gasteiger partial charge in [-0.05, 0) is 32.3 Å². The molecule has 9 nitrogen and oxygen atoms in total. The summed E-state index contributed by atoms with van der Waals surface area (Å²) in [5.74, 6) is -1.52. The zero-order valence-corrected chi connectivity index (χ0v) is 20.8. The highest BCUT2D eigenvalue weighted by molar-refractivity contribution is 7.81. The van der Waals surface area contributed by atoms with Crippen molar-refractivity contribution in [2.45, 2.75) is 64.0 Å². The molecule has 0 saturated heterocycles. The number of hydrogen-bond acceptors (Lipinski definition) is 7. The zero-order valence-electron chi connectivity index (χ0n) is 19.9. The normalized spacial score (nSPS) is 14.1. The molecule has 1 rings (SSSR count). The van der Waals surface area contributed by atoms with Crippen LogP contribution in [0.3, 0.4) is 0 Å². The molecule has 0 spiro atoms. The summed E-state index contributed by atoms with van der Waals surface area (Å²) >= 11 is 4.25. The lowest BCUT2D eigenvalue weighted by Gasteiger charge is -2.26. The lowest BCUT2D eigenvalue weighted by atomic mass is 9.98. The molecule has 0 aliphatic heterocycles. The molecular weight excluding hydrogens is 444 g/mol. The Balaban J connectivity index is 2.89. The molecule has 0 fully saturated rings. The first-order chi connectivity index (χ1) is 15.3.